The molecular formula is C24H27F3N4. The number of hydrogen-bond donors (Lipinski definition) is 2. The Labute approximate surface area is 181 Å². The van der Waals surface area contributed by atoms with Crippen LogP contribution in [0.25, 0.3) is 0 Å². The Morgan fingerprint density at radius 3 is 2.23 bits per heavy atom. The second-order valence-corrected chi connectivity index (χ2v) is 7.92. The van der Waals surface area contributed by atoms with Gasteiger partial charge < -0.3 is 10.6 Å². The lowest BCUT2D eigenvalue weighted by Gasteiger charge is -2.16. The minimum Gasteiger partial charge on any atom is -0.340 e. The molecule has 0 bridgehead atoms. The van der Waals surface area contributed by atoms with Crippen molar-refractivity contribution < 1.29 is 13.2 Å². The summed E-state index contributed by atoms with van der Waals surface area (Å²) in [6, 6.07) is 15.0. The van der Waals surface area contributed by atoms with Crippen molar-refractivity contribution >= 4 is 23.1 Å². The molecular weight excluding hydrogens is 401 g/mol. The zero-order chi connectivity index (χ0) is 22.6. The van der Waals surface area contributed by atoms with Crippen molar-refractivity contribution in [3.05, 3.63) is 71.4 Å². The standard InChI is InChI=1S/C24H27F3N4/c1-5-16(4)17-9-11-19(12-10-17)30-23-28-14-21(24(25,26)27)22(31-23)29-20-8-6-7-18(13-20)15(2)3/h6-16H,5H2,1-4H3,(H2,28,29,30,31). The number of halogens is 3. The molecule has 2 aromatic carbocycles. The average molecular weight is 429 g/mol. The van der Waals surface area contributed by atoms with E-state index in [0.29, 0.717) is 17.3 Å². The first kappa shape index (κ1) is 22.6. The van der Waals surface area contributed by atoms with Crippen LogP contribution in [0.1, 0.15) is 62.6 Å². The molecule has 1 aromatic heterocycles. The highest BCUT2D eigenvalue weighted by atomic mass is 19.4. The van der Waals surface area contributed by atoms with Crippen LogP contribution < -0.4 is 10.6 Å². The molecule has 0 fully saturated rings. The monoisotopic (exact) mass is 428 g/mol. The predicted octanol–water partition coefficient (Wildman–Crippen LogP) is 7.62. The van der Waals surface area contributed by atoms with Gasteiger partial charge in [0.15, 0.2) is 0 Å². The molecule has 0 aliphatic rings. The number of hydrogen-bond acceptors (Lipinski definition) is 4. The smallest absolute Gasteiger partial charge is 0.340 e. The third kappa shape index (κ3) is 5.75. The quantitative estimate of drug-likeness (QED) is 0.406. The van der Waals surface area contributed by atoms with E-state index in [-0.39, 0.29) is 17.7 Å². The fourth-order valence-electron chi connectivity index (χ4n) is 3.12. The number of rotatable bonds is 7. The van der Waals surface area contributed by atoms with Gasteiger partial charge in [-0.05, 0) is 53.6 Å². The number of alkyl halides is 3. The van der Waals surface area contributed by atoms with Gasteiger partial charge in [0.05, 0.1) is 0 Å². The molecule has 0 radical (unpaired) electrons. The Balaban J connectivity index is 1.89. The average Bonchev–Trinajstić information content (AvgIpc) is 2.73. The number of nitrogens with one attached hydrogen (secondary N) is 2. The van der Waals surface area contributed by atoms with E-state index in [1.54, 1.807) is 6.07 Å². The zero-order valence-corrected chi connectivity index (χ0v) is 18.1. The summed E-state index contributed by atoms with van der Waals surface area (Å²) in [5, 5.41) is 5.81. The van der Waals surface area contributed by atoms with Crippen LogP contribution in [0.2, 0.25) is 0 Å². The highest BCUT2D eigenvalue weighted by molar-refractivity contribution is 5.63. The highest BCUT2D eigenvalue weighted by Crippen LogP contribution is 2.35. The van der Waals surface area contributed by atoms with E-state index in [2.05, 4.69) is 34.4 Å². The summed E-state index contributed by atoms with van der Waals surface area (Å²) in [5.41, 5.74) is 2.56. The normalized spacial score (nSPS) is 12.6. The minimum absolute atomic E-state index is 0.0896. The van der Waals surface area contributed by atoms with Gasteiger partial charge in [0.1, 0.15) is 11.4 Å². The molecule has 7 heteroatoms. The molecule has 31 heavy (non-hydrogen) atoms. The SMILES string of the molecule is CCC(C)c1ccc(Nc2ncc(C(F)(F)F)c(Nc3cccc(C(C)C)c3)n2)cc1. The van der Waals surface area contributed by atoms with Crippen molar-refractivity contribution in [3.63, 3.8) is 0 Å². The largest absolute Gasteiger partial charge is 0.421 e. The molecule has 1 heterocycles. The van der Waals surface area contributed by atoms with E-state index in [4.69, 9.17) is 0 Å². The van der Waals surface area contributed by atoms with Crippen LogP contribution in [-0.4, -0.2) is 9.97 Å². The van der Waals surface area contributed by atoms with E-state index in [9.17, 15) is 13.2 Å². The maximum Gasteiger partial charge on any atom is 0.421 e. The van der Waals surface area contributed by atoms with Gasteiger partial charge in [-0.2, -0.15) is 18.2 Å². The van der Waals surface area contributed by atoms with Crippen molar-refractivity contribution in [2.24, 2.45) is 0 Å². The first-order valence-corrected chi connectivity index (χ1v) is 10.4. The van der Waals surface area contributed by atoms with Crippen molar-refractivity contribution in [3.8, 4) is 0 Å². The van der Waals surface area contributed by atoms with Gasteiger partial charge in [0.25, 0.3) is 0 Å². The molecule has 3 aromatic rings. The van der Waals surface area contributed by atoms with Gasteiger partial charge in [-0.3, -0.25) is 0 Å². The summed E-state index contributed by atoms with van der Waals surface area (Å²) >= 11 is 0. The van der Waals surface area contributed by atoms with Gasteiger partial charge in [-0.1, -0.05) is 52.0 Å². The Hall–Kier alpha value is -3.09. The van der Waals surface area contributed by atoms with E-state index < -0.39 is 11.7 Å². The first-order valence-electron chi connectivity index (χ1n) is 10.4. The minimum atomic E-state index is -4.57. The summed E-state index contributed by atoms with van der Waals surface area (Å²) in [6.07, 6.45) is -2.74. The fraction of sp³-hybridized carbons (Fsp3) is 0.333. The van der Waals surface area contributed by atoms with Crippen molar-refractivity contribution in [1.82, 2.24) is 9.97 Å². The molecule has 1 atom stereocenters. The van der Waals surface area contributed by atoms with Gasteiger partial charge in [0, 0.05) is 17.6 Å². The van der Waals surface area contributed by atoms with E-state index >= 15 is 0 Å². The number of benzene rings is 2. The second-order valence-electron chi connectivity index (χ2n) is 7.92. The predicted molar refractivity (Wildman–Crippen MR) is 119 cm³/mol. The molecule has 164 valence electrons. The summed E-state index contributed by atoms with van der Waals surface area (Å²) in [5.74, 6) is 0.493. The summed E-state index contributed by atoms with van der Waals surface area (Å²) in [6.45, 7) is 8.32. The Bertz CT molecular complexity index is 1010. The van der Waals surface area contributed by atoms with Crippen LogP contribution in [0.5, 0.6) is 0 Å². The van der Waals surface area contributed by atoms with Crippen LogP contribution in [-0.2, 0) is 6.18 Å². The molecule has 0 amide bonds. The molecule has 1 unspecified atom stereocenters. The Morgan fingerprint density at radius 2 is 1.61 bits per heavy atom. The van der Waals surface area contributed by atoms with Gasteiger partial charge in [-0.15, -0.1) is 0 Å². The second kappa shape index (κ2) is 9.37. The third-order valence-electron chi connectivity index (χ3n) is 5.26. The van der Waals surface area contributed by atoms with Crippen molar-refractivity contribution in [2.75, 3.05) is 10.6 Å². The van der Waals surface area contributed by atoms with Gasteiger partial charge >= 0.3 is 6.18 Å². The molecule has 0 saturated carbocycles. The van der Waals surface area contributed by atoms with Crippen LogP contribution >= 0.6 is 0 Å². The molecule has 0 aliphatic carbocycles. The summed E-state index contributed by atoms with van der Waals surface area (Å²) in [4.78, 5) is 8.00. The highest BCUT2D eigenvalue weighted by Gasteiger charge is 2.35. The van der Waals surface area contributed by atoms with Crippen LogP contribution in [0.3, 0.4) is 0 Å². The zero-order valence-electron chi connectivity index (χ0n) is 18.1. The summed E-state index contributed by atoms with van der Waals surface area (Å²) in [7, 11) is 0. The number of anilines is 4. The maximum atomic E-state index is 13.5. The molecule has 0 saturated heterocycles. The molecule has 2 N–H and O–H groups in total. The lowest BCUT2D eigenvalue weighted by Crippen LogP contribution is -2.12. The van der Waals surface area contributed by atoms with Crippen molar-refractivity contribution in [1.29, 1.82) is 0 Å². The Kier molecular flexibility index (Phi) is 6.83. The van der Waals surface area contributed by atoms with E-state index in [1.807, 2.05) is 56.3 Å². The lowest BCUT2D eigenvalue weighted by molar-refractivity contribution is -0.137. The molecule has 3 rings (SSSR count). The molecule has 0 spiro atoms. The van der Waals surface area contributed by atoms with Crippen molar-refractivity contribution in [2.45, 2.75) is 52.1 Å². The lowest BCUT2D eigenvalue weighted by atomic mass is 9.99. The van der Waals surface area contributed by atoms with Crippen LogP contribution in [0.4, 0.5) is 36.3 Å². The molecule has 4 nitrogen and oxygen atoms in total. The topological polar surface area (TPSA) is 49.8 Å². The molecule has 0 aliphatic heterocycles. The van der Waals surface area contributed by atoms with E-state index in [1.165, 1.54) is 5.56 Å². The number of nitrogens with zero attached hydrogens (tertiary/aromatic N) is 2. The van der Waals surface area contributed by atoms with Gasteiger partial charge in [-0.25, -0.2) is 4.98 Å². The third-order valence-corrected chi connectivity index (χ3v) is 5.26. The first-order chi connectivity index (χ1) is 14.7. The van der Waals surface area contributed by atoms with E-state index in [0.717, 1.165) is 18.2 Å². The summed E-state index contributed by atoms with van der Waals surface area (Å²) < 4.78 is 40.6. The number of aromatic nitrogens is 2. The van der Waals surface area contributed by atoms with Crippen LogP contribution in [0.15, 0.2) is 54.7 Å². The van der Waals surface area contributed by atoms with Crippen LogP contribution in [0, 0.1) is 0 Å². The van der Waals surface area contributed by atoms with Gasteiger partial charge in [0.2, 0.25) is 5.95 Å². The fourth-order valence-corrected chi connectivity index (χ4v) is 3.12. The maximum absolute atomic E-state index is 13.5. The Morgan fingerprint density at radius 1 is 0.903 bits per heavy atom.